The fraction of sp³-hybridized carbons (Fsp3) is 0.500. The van der Waals surface area contributed by atoms with Crippen LogP contribution in [0.2, 0.25) is 0 Å². The Morgan fingerprint density at radius 2 is 2.17 bits per heavy atom. The van der Waals surface area contributed by atoms with Crippen LogP contribution < -0.4 is 11.2 Å². The van der Waals surface area contributed by atoms with E-state index >= 15 is 0 Å². The zero-order chi connectivity index (χ0) is 17.6. The van der Waals surface area contributed by atoms with Gasteiger partial charge >= 0.3 is 0 Å². The minimum absolute atomic E-state index is 0.0186. The van der Waals surface area contributed by atoms with Crippen LogP contribution in [-0.4, -0.2) is 60.8 Å². The Bertz CT molecular complexity index is 813. The Balaban J connectivity index is 2.20. The van der Waals surface area contributed by atoms with Crippen LogP contribution in [0.5, 0.6) is 0 Å². The van der Waals surface area contributed by atoms with E-state index < -0.39 is 31.1 Å². The molecule has 24 heavy (non-hydrogen) atoms. The Morgan fingerprint density at radius 1 is 1.46 bits per heavy atom. The van der Waals surface area contributed by atoms with E-state index in [1.807, 2.05) is 0 Å². The average molecular weight is 336 g/mol. The van der Waals surface area contributed by atoms with E-state index in [2.05, 4.69) is 10.1 Å². The predicted octanol–water partition coefficient (Wildman–Crippen LogP) is -1.28. The molecular weight excluding hydrogens is 316 g/mol. The monoisotopic (exact) mass is 336 g/mol. The summed E-state index contributed by atoms with van der Waals surface area (Å²) in [4.78, 5) is 4.24. The molecule has 0 aliphatic carbocycles. The molecule has 0 saturated carbocycles. The van der Waals surface area contributed by atoms with Crippen molar-refractivity contribution in [2.24, 2.45) is 12.0 Å². The van der Waals surface area contributed by atoms with Crippen LogP contribution in [0.15, 0.2) is 11.2 Å². The standard InChI is InChI=1S/C14H20N6O4/c1-3-17-13-8-6(11(15)18-19(13)2)4-20(12(8)16)14-10(23)9(22)7(5-21)24-14/h3-4,7,9-10,14,16,21-23H,5H2,1-2H3,(H2,15,18)/b16-12?,17-3-/t7-,9-,10?,14-/m1/s1. The molecule has 6 N–H and O–H groups in total. The molecule has 4 atom stereocenters. The van der Waals surface area contributed by atoms with Crippen LogP contribution in [0.1, 0.15) is 13.2 Å². The average Bonchev–Trinajstić information content (AvgIpc) is 3.03. The van der Waals surface area contributed by atoms with E-state index in [4.69, 9.17) is 15.9 Å². The zero-order valence-electron chi connectivity index (χ0n) is 13.3. The lowest BCUT2D eigenvalue weighted by atomic mass is 10.1. The highest BCUT2D eigenvalue weighted by Crippen LogP contribution is 2.35. The number of aliphatic hydroxyl groups is 3. The number of aryl methyl sites for hydroxylation is 1. The number of aromatic nitrogens is 3. The number of rotatable bonds is 3. The summed E-state index contributed by atoms with van der Waals surface area (Å²) in [5.74, 6) is 0.652. The van der Waals surface area contributed by atoms with Gasteiger partial charge in [0.05, 0.1) is 12.2 Å². The number of nitrogen functional groups attached to an aromatic ring is 1. The van der Waals surface area contributed by atoms with Gasteiger partial charge in [-0.05, 0) is 6.92 Å². The van der Waals surface area contributed by atoms with Gasteiger partial charge in [0.15, 0.2) is 17.9 Å². The van der Waals surface area contributed by atoms with Gasteiger partial charge in [0, 0.05) is 25.0 Å². The lowest BCUT2D eigenvalue weighted by Crippen LogP contribution is -2.34. The van der Waals surface area contributed by atoms with E-state index in [0.29, 0.717) is 16.9 Å². The zero-order valence-corrected chi connectivity index (χ0v) is 13.3. The molecule has 3 rings (SSSR count). The Kier molecular flexibility index (Phi) is 4.13. The van der Waals surface area contributed by atoms with Gasteiger partial charge in [-0.1, -0.05) is 0 Å². The third-order valence-corrected chi connectivity index (χ3v) is 4.14. The summed E-state index contributed by atoms with van der Waals surface area (Å²) in [6.07, 6.45) is -1.35. The first-order valence-electron chi connectivity index (χ1n) is 7.43. The van der Waals surface area contributed by atoms with Crippen LogP contribution >= 0.6 is 0 Å². The number of nitrogens with zero attached hydrogens (tertiary/aromatic N) is 4. The maximum Gasteiger partial charge on any atom is 0.164 e. The molecule has 1 unspecified atom stereocenters. The van der Waals surface area contributed by atoms with E-state index in [1.54, 1.807) is 20.2 Å². The van der Waals surface area contributed by atoms with Crippen molar-refractivity contribution in [3.63, 3.8) is 0 Å². The van der Waals surface area contributed by atoms with Gasteiger partial charge in [-0.2, -0.15) is 5.10 Å². The third kappa shape index (κ3) is 2.31. The number of anilines is 1. The molecule has 3 heterocycles. The summed E-state index contributed by atoms with van der Waals surface area (Å²) in [6.45, 7) is 1.31. The van der Waals surface area contributed by atoms with Crippen molar-refractivity contribution in [3.05, 3.63) is 11.7 Å². The first kappa shape index (κ1) is 16.6. The first-order chi connectivity index (χ1) is 11.4. The molecule has 0 aromatic carbocycles. The molecule has 10 nitrogen and oxygen atoms in total. The first-order valence-corrected chi connectivity index (χ1v) is 7.43. The second-order valence-corrected chi connectivity index (χ2v) is 5.62. The van der Waals surface area contributed by atoms with Crippen LogP contribution in [0.4, 0.5) is 11.6 Å². The van der Waals surface area contributed by atoms with Gasteiger partial charge in [-0.15, -0.1) is 0 Å². The topological polar surface area (TPSA) is 155 Å². The minimum Gasteiger partial charge on any atom is -0.394 e. The highest BCUT2D eigenvalue weighted by Gasteiger charge is 2.44. The smallest absolute Gasteiger partial charge is 0.164 e. The molecular formula is C14H20N6O4. The van der Waals surface area contributed by atoms with Crippen molar-refractivity contribution in [3.8, 4) is 11.1 Å². The molecule has 10 heteroatoms. The number of hydrogen-bond donors (Lipinski definition) is 5. The molecule has 0 bridgehead atoms. The lowest BCUT2D eigenvalue weighted by molar-refractivity contribution is -0.0542. The maximum atomic E-state index is 10.2. The molecule has 3 aliphatic rings. The minimum atomic E-state index is -1.28. The van der Waals surface area contributed by atoms with Crippen molar-refractivity contribution in [2.75, 3.05) is 12.3 Å². The predicted molar refractivity (Wildman–Crippen MR) is 84.9 cm³/mol. The molecule has 0 aromatic heterocycles. The highest BCUT2D eigenvalue weighted by atomic mass is 16.6. The van der Waals surface area contributed by atoms with E-state index in [-0.39, 0.29) is 11.3 Å². The van der Waals surface area contributed by atoms with Crippen LogP contribution in [0.3, 0.4) is 0 Å². The molecule has 1 saturated heterocycles. The Hall–Kier alpha value is -2.27. The summed E-state index contributed by atoms with van der Waals surface area (Å²) >= 11 is 0. The van der Waals surface area contributed by atoms with Gasteiger partial charge in [-0.25, -0.2) is 9.67 Å². The largest absolute Gasteiger partial charge is 0.394 e. The summed E-state index contributed by atoms with van der Waals surface area (Å²) in [6, 6.07) is 0. The van der Waals surface area contributed by atoms with Crippen molar-refractivity contribution >= 4 is 17.9 Å². The summed E-state index contributed by atoms with van der Waals surface area (Å²) < 4.78 is 8.32. The number of nitrogens with two attached hydrogens (primary N) is 1. The summed E-state index contributed by atoms with van der Waals surface area (Å²) in [5.41, 5.74) is 6.92. The van der Waals surface area contributed by atoms with Crippen LogP contribution in [-0.2, 0) is 11.8 Å². The van der Waals surface area contributed by atoms with Gasteiger partial charge in [0.25, 0.3) is 0 Å². The number of nitrogens with one attached hydrogen (secondary N) is 1. The molecule has 0 spiro atoms. The normalized spacial score (nSPS) is 27.5. The fourth-order valence-corrected chi connectivity index (χ4v) is 2.95. The van der Waals surface area contributed by atoms with Gasteiger partial charge in [-0.3, -0.25) is 5.41 Å². The Morgan fingerprint density at radius 3 is 2.75 bits per heavy atom. The molecule has 0 aromatic rings. The number of ether oxygens (including phenoxy) is 1. The molecule has 0 radical (unpaired) electrons. The van der Waals surface area contributed by atoms with Crippen molar-refractivity contribution < 1.29 is 20.1 Å². The Labute approximate surface area is 137 Å². The lowest BCUT2D eigenvalue weighted by Gasteiger charge is -2.16. The summed E-state index contributed by atoms with van der Waals surface area (Å²) in [5, 5.41) is 41.9. The molecule has 3 aliphatic heterocycles. The summed E-state index contributed by atoms with van der Waals surface area (Å²) in [7, 11) is 1.67. The maximum absolute atomic E-state index is 10.2. The van der Waals surface area contributed by atoms with Crippen molar-refractivity contribution in [1.82, 2.24) is 14.3 Å². The number of hydrogen-bond acceptors (Lipinski definition) is 8. The molecule has 1 fully saturated rings. The highest BCUT2D eigenvalue weighted by molar-refractivity contribution is 5.82. The fourth-order valence-electron chi connectivity index (χ4n) is 2.95. The van der Waals surface area contributed by atoms with Gasteiger partial charge in [0.2, 0.25) is 0 Å². The van der Waals surface area contributed by atoms with Crippen molar-refractivity contribution in [1.29, 1.82) is 5.41 Å². The van der Waals surface area contributed by atoms with E-state index in [0.717, 1.165) is 0 Å². The molecule has 0 amide bonds. The van der Waals surface area contributed by atoms with Gasteiger partial charge in [0.1, 0.15) is 23.8 Å². The number of aliphatic hydroxyl groups excluding tert-OH is 3. The number of fused-ring (bicyclic) bond motifs is 1. The van der Waals surface area contributed by atoms with Crippen molar-refractivity contribution in [2.45, 2.75) is 31.5 Å². The second-order valence-electron chi connectivity index (χ2n) is 5.62. The van der Waals surface area contributed by atoms with Crippen LogP contribution in [0.25, 0.3) is 11.1 Å². The SMILES string of the molecule is C/C=N\c1c2c(=N)n([C@@H]3O[C@H](CO)[C@@H](O)C3O)cc-2c(N)nn1C. The number of aliphatic imine (C=N–C) groups is 1. The van der Waals surface area contributed by atoms with Crippen LogP contribution in [0, 0.1) is 5.41 Å². The quantitative estimate of drug-likeness (QED) is 0.440. The van der Waals surface area contributed by atoms with Gasteiger partial charge < -0.3 is 30.4 Å². The molecule has 130 valence electrons. The second kappa shape index (κ2) is 5.98. The van der Waals surface area contributed by atoms with E-state index in [9.17, 15) is 15.3 Å². The third-order valence-electron chi connectivity index (χ3n) is 4.14. The van der Waals surface area contributed by atoms with E-state index in [1.165, 1.54) is 15.4 Å².